The van der Waals surface area contributed by atoms with Gasteiger partial charge in [0.1, 0.15) is 0 Å². The first kappa shape index (κ1) is 13.4. The lowest BCUT2D eigenvalue weighted by Gasteiger charge is -2.01. The predicted octanol–water partition coefficient (Wildman–Crippen LogP) is 3.24. The summed E-state index contributed by atoms with van der Waals surface area (Å²) in [7, 11) is 0. The van der Waals surface area contributed by atoms with Gasteiger partial charge in [-0.15, -0.1) is 0 Å². The van der Waals surface area contributed by atoms with E-state index in [1.807, 2.05) is 6.92 Å². The molecule has 1 aromatic heterocycles. The molecule has 0 aliphatic carbocycles. The number of nitrogens with zero attached hydrogens (tertiary/aromatic N) is 3. The zero-order chi connectivity index (χ0) is 13.8. The molecular weight excluding hydrogens is 264 g/mol. The standard InChI is InChI=1S/C12H14N4O2S/c1-3-6-13-12-14-11(15-19-12)10-7-9(16(17)18)5-4-8(10)2/h4-5,7H,3,6H2,1-2H3,(H,13,14,15). The van der Waals surface area contributed by atoms with E-state index < -0.39 is 4.92 Å². The van der Waals surface area contributed by atoms with Gasteiger partial charge in [-0.1, -0.05) is 13.0 Å². The van der Waals surface area contributed by atoms with Crippen LogP contribution in [0.2, 0.25) is 0 Å². The monoisotopic (exact) mass is 278 g/mol. The molecule has 1 aromatic carbocycles. The number of hydrogen-bond acceptors (Lipinski definition) is 6. The van der Waals surface area contributed by atoms with Crippen molar-refractivity contribution in [2.24, 2.45) is 0 Å². The van der Waals surface area contributed by atoms with Gasteiger partial charge in [0.2, 0.25) is 5.13 Å². The highest BCUT2D eigenvalue weighted by Crippen LogP contribution is 2.27. The van der Waals surface area contributed by atoms with Gasteiger partial charge >= 0.3 is 0 Å². The fraction of sp³-hybridized carbons (Fsp3) is 0.333. The Morgan fingerprint density at radius 1 is 1.47 bits per heavy atom. The number of anilines is 1. The highest BCUT2D eigenvalue weighted by atomic mass is 32.1. The minimum atomic E-state index is -0.411. The minimum Gasteiger partial charge on any atom is -0.360 e. The SMILES string of the molecule is CCCNc1nc(-c2cc([N+](=O)[O-])ccc2C)ns1. The Labute approximate surface area is 114 Å². The quantitative estimate of drug-likeness (QED) is 0.670. The molecule has 0 aliphatic heterocycles. The zero-order valence-electron chi connectivity index (χ0n) is 10.7. The molecule has 0 saturated carbocycles. The molecule has 2 rings (SSSR count). The van der Waals surface area contributed by atoms with Crippen molar-refractivity contribution in [3.05, 3.63) is 33.9 Å². The third kappa shape index (κ3) is 3.05. The molecule has 1 N–H and O–H groups in total. The molecule has 100 valence electrons. The number of nitrogens with one attached hydrogen (secondary N) is 1. The Bertz CT molecular complexity index is 597. The largest absolute Gasteiger partial charge is 0.360 e. The van der Waals surface area contributed by atoms with Crippen molar-refractivity contribution in [3.63, 3.8) is 0 Å². The van der Waals surface area contributed by atoms with Gasteiger partial charge in [0.15, 0.2) is 5.82 Å². The van der Waals surface area contributed by atoms with Crippen molar-refractivity contribution < 1.29 is 4.92 Å². The molecule has 7 heteroatoms. The van der Waals surface area contributed by atoms with E-state index in [2.05, 4.69) is 21.6 Å². The fourth-order valence-electron chi connectivity index (χ4n) is 1.60. The summed E-state index contributed by atoms with van der Waals surface area (Å²) in [5.74, 6) is 0.532. The summed E-state index contributed by atoms with van der Waals surface area (Å²) in [5, 5.41) is 14.7. The van der Waals surface area contributed by atoms with E-state index >= 15 is 0 Å². The van der Waals surface area contributed by atoms with Gasteiger partial charge in [0.25, 0.3) is 5.69 Å². The highest BCUT2D eigenvalue weighted by Gasteiger charge is 2.14. The van der Waals surface area contributed by atoms with Crippen LogP contribution in [-0.2, 0) is 0 Å². The average molecular weight is 278 g/mol. The molecule has 19 heavy (non-hydrogen) atoms. The summed E-state index contributed by atoms with van der Waals surface area (Å²) in [6.07, 6.45) is 1.00. The number of aryl methyl sites for hydroxylation is 1. The Morgan fingerprint density at radius 2 is 2.26 bits per heavy atom. The maximum absolute atomic E-state index is 10.8. The summed E-state index contributed by atoms with van der Waals surface area (Å²) in [6.45, 7) is 4.79. The Kier molecular flexibility index (Phi) is 4.06. The molecule has 1 heterocycles. The summed E-state index contributed by atoms with van der Waals surface area (Å²) in [4.78, 5) is 14.7. The summed E-state index contributed by atoms with van der Waals surface area (Å²) < 4.78 is 4.25. The molecule has 0 bridgehead atoms. The van der Waals surface area contributed by atoms with Gasteiger partial charge in [-0.3, -0.25) is 10.1 Å². The van der Waals surface area contributed by atoms with Gasteiger partial charge in [0.05, 0.1) is 4.92 Å². The Morgan fingerprint density at radius 3 is 2.95 bits per heavy atom. The van der Waals surface area contributed by atoms with E-state index in [1.165, 1.54) is 23.7 Å². The molecule has 0 radical (unpaired) electrons. The smallest absolute Gasteiger partial charge is 0.270 e. The van der Waals surface area contributed by atoms with Crippen LogP contribution in [0, 0.1) is 17.0 Å². The van der Waals surface area contributed by atoms with Crippen LogP contribution in [0.5, 0.6) is 0 Å². The van der Waals surface area contributed by atoms with Crippen molar-refractivity contribution in [3.8, 4) is 11.4 Å². The number of non-ortho nitro benzene ring substituents is 1. The number of nitro benzene ring substituents is 1. The third-order valence-electron chi connectivity index (χ3n) is 2.63. The van der Waals surface area contributed by atoms with Gasteiger partial charge in [-0.05, 0) is 18.9 Å². The number of nitro groups is 1. The van der Waals surface area contributed by atoms with Crippen LogP contribution in [0.4, 0.5) is 10.8 Å². The predicted molar refractivity (Wildman–Crippen MR) is 75.5 cm³/mol. The molecule has 0 saturated heterocycles. The fourth-order valence-corrected chi connectivity index (χ4v) is 2.21. The maximum Gasteiger partial charge on any atom is 0.270 e. The molecule has 0 aliphatic rings. The normalized spacial score (nSPS) is 10.4. The van der Waals surface area contributed by atoms with Crippen molar-refractivity contribution in [1.82, 2.24) is 9.36 Å². The van der Waals surface area contributed by atoms with Crippen LogP contribution in [-0.4, -0.2) is 20.8 Å². The highest BCUT2D eigenvalue weighted by molar-refractivity contribution is 7.09. The molecule has 0 spiro atoms. The van der Waals surface area contributed by atoms with E-state index in [0.29, 0.717) is 11.4 Å². The molecule has 0 fully saturated rings. The Balaban J connectivity index is 2.32. The van der Waals surface area contributed by atoms with Crippen LogP contribution in [0.25, 0.3) is 11.4 Å². The van der Waals surface area contributed by atoms with E-state index in [9.17, 15) is 10.1 Å². The van der Waals surface area contributed by atoms with Gasteiger partial charge in [-0.2, -0.15) is 9.36 Å². The van der Waals surface area contributed by atoms with E-state index in [0.717, 1.165) is 23.7 Å². The average Bonchev–Trinajstić information content (AvgIpc) is 2.85. The summed E-state index contributed by atoms with van der Waals surface area (Å²) >= 11 is 1.27. The number of aromatic nitrogens is 2. The van der Waals surface area contributed by atoms with Crippen molar-refractivity contribution >= 4 is 22.4 Å². The lowest BCUT2D eigenvalue weighted by Crippen LogP contribution is -1.98. The molecule has 6 nitrogen and oxygen atoms in total. The molecule has 0 amide bonds. The number of benzene rings is 1. The summed E-state index contributed by atoms with van der Waals surface area (Å²) in [5.41, 5.74) is 1.68. The van der Waals surface area contributed by atoms with Crippen molar-refractivity contribution in [2.45, 2.75) is 20.3 Å². The van der Waals surface area contributed by atoms with E-state index in [-0.39, 0.29) is 5.69 Å². The number of rotatable bonds is 5. The third-order valence-corrected chi connectivity index (χ3v) is 3.30. The van der Waals surface area contributed by atoms with E-state index in [4.69, 9.17) is 0 Å². The first-order valence-electron chi connectivity index (χ1n) is 5.94. The second-order valence-corrected chi connectivity index (χ2v) is 4.86. The van der Waals surface area contributed by atoms with Crippen LogP contribution in [0.15, 0.2) is 18.2 Å². The molecular formula is C12H14N4O2S. The second kappa shape index (κ2) is 5.75. The lowest BCUT2D eigenvalue weighted by molar-refractivity contribution is -0.384. The second-order valence-electron chi connectivity index (χ2n) is 4.11. The lowest BCUT2D eigenvalue weighted by atomic mass is 10.1. The van der Waals surface area contributed by atoms with Crippen molar-refractivity contribution in [1.29, 1.82) is 0 Å². The van der Waals surface area contributed by atoms with Crippen LogP contribution < -0.4 is 5.32 Å². The van der Waals surface area contributed by atoms with Crippen LogP contribution in [0.3, 0.4) is 0 Å². The topological polar surface area (TPSA) is 81.0 Å². The number of hydrogen-bond donors (Lipinski definition) is 1. The van der Waals surface area contributed by atoms with Crippen LogP contribution >= 0.6 is 11.5 Å². The van der Waals surface area contributed by atoms with Gasteiger partial charge in [-0.25, -0.2) is 0 Å². The van der Waals surface area contributed by atoms with Gasteiger partial charge < -0.3 is 5.32 Å². The maximum atomic E-state index is 10.8. The molecule has 2 aromatic rings. The van der Waals surface area contributed by atoms with Crippen molar-refractivity contribution in [2.75, 3.05) is 11.9 Å². The van der Waals surface area contributed by atoms with E-state index in [1.54, 1.807) is 6.07 Å². The van der Waals surface area contributed by atoms with Crippen LogP contribution in [0.1, 0.15) is 18.9 Å². The minimum absolute atomic E-state index is 0.0541. The summed E-state index contributed by atoms with van der Waals surface area (Å²) in [6, 6.07) is 4.72. The van der Waals surface area contributed by atoms with Gasteiger partial charge in [0, 0.05) is 35.8 Å². The zero-order valence-corrected chi connectivity index (χ0v) is 11.5. The Hall–Kier alpha value is -2.02. The first-order valence-corrected chi connectivity index (χ1v) is 6.72. The molecule has 0 atom stereocenters. The molecule has 0 unspecified atom stereocenters. The first-order chi connectivity index (χ1) is 9.11.